The molecule has 0 bridgehead atoms. The highest BCUT2D eigenvalue weighted by atomic mass is 19.4. The minimum absolute atomic E-state index is 0.0547. The predicted octanol–water partition coefficient (Wildman–Crippen LogP) is 6.83. The van der Waals surface area contributed by atoms with E-state index < -0.39 is 58.1 Å². The van der Waals surface area contributed by atoms with Gasteiger partial charge in [-0.3, -0.25) is 9.59 Å². The van der Waals surface area contributed by atoms with Gasteiger partial charge in [0.15, 0.2) is 5.67 Å². The minimum Gasteiger partial charge on any atom is -0.481 e. The standard InChI is InChI=1S/C31H33F6NO3/c1-18-17-38(27(41)29(34)13-11-20(12-14-29)26(39)40)25-10-5-21-15-22(28(2,33)31(35,36)37)6-9-24(21)30(18,25)16-19-3-7-23(32)8-4-19/h3-4,6-9,15,18,20,25H,5,10-14,16-17H2,1-2H3,(H,39,40)/t18-,20?,25?,28?,29?,30?/m0/s1. The number of likely N-dealkylation sites (tertiary alicyclic amines) is 1. The summed E-state index contributed by atoms with van der Waals surface area (Å²) in [5, 5.41) is 9.32. The second-order valence-electron chi connectivity index (χ2n) is 12.2. The first kappa shape index (κ1) is 29.5. The van der Waals surface area contributed by atoms with Gasteiger partial charge < -0.3 is 10.0 Å². The molecule has 1 aliphatic heterocycles. The van der Waals surface area contributed by atoms with Crippen molar-refractivity contribution in [2.24, 2.45) is 11.8 Å². The van der Waals surface area contributed by atoms with Crippen molar-refractivity contribution in [2.75, 3.05) is 6.54 Å². The number of carboxylic acid groups (broad SMARTS) is 1. The monoisotopic (exact) mass is 581 g/mol. The van der Waals surface area contributed by atoms with Crippen LogP contribution in [-0.2, 0) is 33.5 Å². The van der Waals surface area contributed by atoms with Crippen molar-refractivity contribution in [3.8, 4) is 0 Å². The second kappa shape index (κ2) is 10.1. The van der Waals surface area contributed by atoms with Crippen LogP contribution in [-0.4, -0.2) is 46.3 Å². The average molecular weight is 582 g/mol. The first-order chi connectivity index (χ1) is 19.1. The lowest BCUT2D eigenvalue weighted by atomic mass is 9.60. The summed E-state index contributed by atoms with van der Waals surface area (Å²) in [7, 11) is 0. The Labute approximate surface area is 234 Å². The molecule has 3 aliphatic rings. The molecule has 1 saturated heterocycles. The average Bonchev–Trinajstić information content (AvgIpc) is 3.20. The molecule has 2 fully saturated rings. The van der Waals surface area contributed by atoms with E-state index in [4.69, 9.17) is 0 Å². The van der Waals surface area contributed by atoms with Gasteiger partial charge in [-0.1, -0.05) is 37.3 Å². The maximum absolute atomic E-state index is 16.2. The number of amides is 1. The predicted molar refractivity (Wildman–Crippen MR) is 139 cm³/mol. The summed E-state index contributed by atoms with van der Waals surface area (Å²) in [6, 6.07) is 9.27. The zero-order chi connectivity index (χ0) is 30.0. The highest BCUT2D eigenvalue weighted by Gasteiger charge is 2.60. The van der Waals surface area contributed by atoms with Crippen molar-refractivity contribution >= 4 is 11.9 Å². The van der Waals surface area contributed by atoms with Gasteiger partial charge in [0.05, 0.1) is 5.92 Å². The van der Waals surface area contributed by atoms with E-state index in [1.165, 1.54) is 24.3 Å². The molecule has 4 atom stereocenters. The van der Waals surface area contributed by atoms with Crippen LogP contribution in [0.4, 0.5) is 26.3 Å². The highest BCUT2D eigenvalue weighted by Crippen LogP contribution is 2.54. The van der Waals surface area contributed by atoms with Crippen LogP contribution in [0.3, 0.4) is 0 Å². The fourth-order valence-corrected chi connectivity index (χ4v) is 7.40. The van der Waals surface area contributed by atoms with Crippen molar-refractivity contribution in [3.05, 3.63) is 70.5 Å². The van der Waals surface area contributed by atoms with E-state index in [0.717, 1.165) is 11.6 Å². The lowest BCUT2D eigenvalue weighted by molar-refractivity contribution is -0.228. The molecule has 3 unspecified atom stereocenters. The van der Waals surface area contributed by atoms with Crippen LogP contribution in [0.5, 0.6) is 0 Å². The number of benzene rings is 2. The van der Waals surface area contributed by atoms with E-state index in [2.05, 4.69) is 0 Å². The lowest BCUT2D eigenvalue weighted by Crippen LogP contribution is -2.55. The lowest BCUT2D eigenvalue weighted by Gasteiger charge is -2.47. The summed E-state index contributed by atoms with van der Waals surface area (Å²) < 4.78 is 85.4. The van der Waals surface area contributed by atoms with Gasteiger partial charge in [-0.25, -0.2) is 13.2 Å². The molecular formula is C31H33F6NO3. The third-order valence-electron chi connectivity index (χ3n) is 9.87. The van der Waals surface area contributed by atoms with Crippen LogP contribution in [0.25, 0.3) is 0 Å². The summed E-state index contributed by atoms with van der Waals surface area (Å²) in [4.78, 5) is 26.8. The van der Waals surface area contributed by atoms with Crippen molar-refractivity contribution in [1.82, 2.24) is 4.90 Å². The van der Waals surface area contributed by atoms with Gasteiger partial charge in [0.25, 0.3) is 5.91 Å². The number of hydrogen-bond acceptors (Lipinski definition) is 2. The summed E-state index contributed by atoms with van der Waals surface area (Å²) in [5.41, 5.74) is -5.12. The third-order valence-corrected chi connectivity index (χ3v) is 9.87. The van der Waals surface area contributed by atoms with Gasteiger partial charge in [0.2, 0.25) is 5.67 Å². The number of halogens is 6. The summed E-state index contributed by atoms with van der Waals surface area (Å²) in [6.07, 6.45) is -4.47. The van der Waals surface area contributed by atoms with E-state index in [9.17, 15) is 36.6 Å². The molecule has 0 spiro atoms. The Morgan fingerprint density at radius 2 is 1.66 bits per heavy atom. The van der Waals surface area contributed by atoms with Crippen LogP contribution >= 0.6 is 0 Å². The number of rotatable bonds is 5. The van der Waals surface area contributed by atoms with Crippen LogP contribution in [0, 0.1) is 17.7 Å². The number of aryl methyl sites for hydroxylation is 1. The largest absolute Gasteiger partial charge is 0.481 e. The van der Waals surface area contributed by atoms with Gasteiger partial charge in [-0.05, 0) is 92.2 Å². The number of carbonyl (C=O) groups is 2. The number of nitrogens with zero attached hydrogens (tertiary/aromatic N) is 1. The zero-order valence-corrected chi connectivity index (χ0v) is 22.9. The normalized spacial score (nSPS) is 31.2. The van der Waals surface area contributed by atoms with Crippen molar-refractivity contribution in [1.29, 1.82) is 0 Å². The van der Waals surface area contributed by atoms with Crippen molar-refractivity contribution in [3.63, 3.8) is 0 Å². The molecule has 41 heavy (non-hydrogen) atoms. The van der Waals surface area contributed by atoms with E-state index in [0.29, 0.717) is 30.9 Å². The molecule has 2 aromatic carbocycles. The first-order valence-electron chi connectivity index (χ1n) is 14.0. The number of hydrogen-bond donors (Lipinski definition) is 1. The van der Waals surface area contributed by atoms with Crippen LogP contribution in [0.1, 0.15) is 68.2 Å². The van der Waals surface area contributed by atoms with Crippen molar-refractivity contribution in [2.45, 2.75) is 87.8 Å². The Balaban J connectivity index is 1.56. The number of aliphatic carboxylic acids is 1. The van der Waals surface area contributed by atoms with Crippen molar-refractivity contribution < 1.29 is 41.0 Å². The molecule has 1 heterocycles. The molecular weight excluding hydrogens is 548 g/mol. The van der Waals surface area contributed by atoms with Gasteiger partial charge in [0, 0.05) is 18.0 Å². The number of fused-ring (bicyclic) bond motifs is 3. The summed E-state index contributed by atoms with van der Waals surface area (Å²) in [6.45, 7) is 2.60. The van der Waals surface area contributed by atoms with E-state index in [1.807, 2.05) is 6.92 Å². The van der Waals surface area contributed by atoms with Crippen LogP contribution in [0.15, 0.2) is 42.5 Å². The van der Waals surface area contributed by atoms with Gasteiger partial charge >= 0.3 is 12.1 Å². The second-order valence-corrected chi connectivity index (χ2v) is 12.2. The highest BCUT2D eigenvalue weighted by molar-refractivity contribution is 5.86. The van der Waals surface area contributed by atoms with E-state index >= 15 is 4.39 Å². The molecule has 2 aliphatic carbocycles. The number of carbonyl (C=O) groups excluding carboxylic acids is 1. The molecule has 1 saturated carbocycles. The van der Waals surface area contributed by atoms with Gasteiger partial charge in [0.1, 0.15) is 5.82 Å². The third kappa shape index (κ3) is 4.80. The fourth-order valence-electron chi connectivity index (χ4n) is 7.40. The molecule has 0 aromatic heterocycles. The maximum atomic E-state index is 16.2. The molecule has 10 heteroatoms. The molecule has 1 N–H and O–H groups in total. The molecule has 4 nitrogen and oxygen atoms in total. The topological polar surface area (TPSA) is 57.6 Å². The molecule has 0 radical (unpaired) electrons. The Hall–Kier alpha value is -3.04. The Morgan fingerprint density at radius 3 is 2.24 bits per heavy atom. The smallest absolute Gasteiger partial charge is 0.426 e. The van der Waals surface area contributed by atoms with E-state index in [-0.39, 0.29) is 44.6 Å². The molecule has 222 valence electrons. The number of alkyl halides is 5. The molecule has 2 aromatic rings. The Bertz CT molecular complexity index is 1330. The van der Waals surface area contributed by atoms with Crippen LogP contribution in [0.2, 0.25) is 0 Å². The van der Waals surface area contributed by atoms with E-state index in [1.54, 1.807) is 17.0 Å². The van der Waals surface area contributed by atoms with Crippen LogP contribution < -0.4 is 0 Å². The minimum atomic E-state index is -5.11. The fraction of sp³-hybridized carbons (Fsp3) is 0.548. The summed E-state index contributed by atoms with van der Waals surface area (Å²) in [5.74, 6) is -3.09. The Kier molecular flexibility index (Phi) is 7.22. The summed E-state index contributed by atoms with van der Waals surface area (Å²) >= 11 is 0. The SMILES string of the molecule is C[C@H]1CN(C(=O)C2(F)CCC(C(=O)O)CC2)C2CCc3cc(C(C)(F)C(F)(F)F)ccc3C21Cc1ccc(F)cc1. The van der Waals surface area contributed by atoms with Gasteiger partial charge in [-0.15, -0.1) is 0 Å². The Morgan fingerprint density at radius 1 is 1.02 bits per heavy atom. The zero-order valence-electron chi connectivity index (χ0n) is 22.9. The number of carboxylic acids is 1. The van der Waals surface area contributed by atoms with Gasteiger partial charge in [-0.2, -0.15) is 13.2 Å². The first-order valence-corrected chi connectivity index (χ1v) is 14.0. The molecule has 1 amide bonds. The quantitative estimate of drug-likeness (QED) is 0.394. The molecule has 5 rings (SSSR count). The maximum Gasteiger partial charge on any atom is 0.426 e.